The molecular weight excluding hydrogens is 370 g/mol. The Hall–Kier alpha value is -2.57. The summed E-state index contributed by atoms with van der Waals surface area (Å²) in [5.41, 5.74) is 1.93. The lowest BCUT2D eigenvalue weighted by atomic mass is 10.0. The maximum atomic E-state index is 12.2. The summed E-state index contributed by atoms with van der Waals surface area (Å²) in [6, 6.07) is 5.64. The Morgan fingerprint density at radius 2 is 1.86 bits per heavy atom. The number of hydrogen-bond donors (Lipinski definition) is 2. The Morgan fingerprint density at radius 3 is 2.66 bits per heavy atom. The molecule has 0 atom stereocenters. The standard InChI is InChI=1S/C22H31N3O4/c26-20(23-12-11-22(28)25-13-3-1-2-4-14-25)6-5-15-29-18-8-9-19-17(16-18)7-10-21(27)24-19/h8-9,16H,1-7,10-15H2,(H,23,26)(H,24,27). The molecule has 0 spiro atoms. The second kappa shape index (κ2) is 10.8. The molecule has 158 valence electrons. The summed E-state index contributed by atoms with van der Waals surface area (Å²) < 4.78 is 5.73. The number of amides is 3. The van der Waals surface area contributed by atoms with E-state index in [0.29, 0.717) is 38.8 Å². The van der Waals surface area contributed by atoms with E-state index < -0.39 is 0 Å². The van der Waals surface area contributed by atoms with Crippen LogP contribution in [0.2, 0.25) is 0 Å². The van der Waals surface area contributed by atoms with Crippen molar-refractivity contribution in [3.8, 4) is 5.75 Å². The molecule has 7 heteroatoms. The predicted molar refractivity (Wildman–Crippen MR) is 111 cm³/mol. The lowest BCUT2D eigenvalue weighted by Gasteiger charge is -2.20. The molecule has 3 amide bonds. The molecule has 3 rings (SSSR count). The maximum absolute atomic E-state index is 12.2. The molecule has 1 aromatic rings. The van der Waals surface area contributed by atoms with Gasteiger partial charge in [0.25, 0.3) is 0 Å². The van der Waals surface area contributed by atoms with Gasteiger partial charge in [-0.3, -0.25) is 14.4 Å². The summed E-state index contributed by atoms with van der Waals surface area (Å²) in [4.78, 5) is 37.5. The molecule has 2 aliphatic rings. The molecule has 1 aromatic carbocycles. The minimum absolute atomic E-state index is 0.0466. The molecule has 0 bridgehead atoms. The number of likely N-dealkylation sites (tertiary alicyclic amines) is 1. The number of nitrogens with one attached hydrogen (secondary N) is 2. The number of carbonyl (C=O) groups excluding carboxylic acids is 3. The maximum Gasteiger partial charge on any atom is 0.224 e. The third-order valence-electron chi connectivity index (χ3n) is 5.41. The molecule has 0 aliphatic carbocycles. The normalized spacial score (nSPS) is 16.4. The molecule has 29 heavy (non-hydrogen) atoms. The van der Waals surface area contributed by atoms with Crippen LogP contribution in [0, 0.1) is 0 Å². The van der Waals surface area contributed by atoms with E-state index in [9.17, 15) is 14.4 Å². The van der Waals surface area contributed by atoms with E-state index in [1.807, 2.05) is 23.1 Å². The van der Waals surface area contributed by atoms with Crippen molar-refractivity contribution >= 4 is 23.4 Å². The third kappa shape index (κ3) is 6.76. The molecule has 0 radical (unpaired) electrons. The lowest BCUT2D eigenvalue weighted by Crippen LogP contribution is -2.35. The highest BCUT2D eigenvalue weighted by Crippen LogP contribution is 2.26. The van der Waals surface area contributed by atoms with E-state index >= 15 is 0 Å². The number of nitrogens with zero attached hydrogens (tertiary/aromatic N) is 1. The minimum Gasteiger partial charge on any atom is -0.494 e. The molecule has 0 aromatic heterocycles. The number of rotatable bonds is 8. The number of benzene rings is 1. The highest BCUT2D eigenvalue weighted by molar-refractivity contribution is 5.94. The fourth-order valence-electron chi connectivity index (χ4n) is 3.75. The predicted octanol–water partition coefficient (Wildman–Crippen LogP) is 2.64. The third-order valence-corrected chi connectivity index (χ3v) is 5.41. The van der Waals surface area contributed by atoms with Crippen molar-refractivity contribution in [2.75, 3.05) is 31.6 Å². The first kappa shape index (κ1) is 21.1. The molecule has 0 unspecified atom stereocenters. The van der Waals surface area contributed by atoms with Crippen molar-refractivity contribution in [1.29, 1.82) is 0 Å². The average Bonchev–Trinajstić information content (AvgIpc) is 3.01. The zero-order valence-electron chi connectivity index (χ0n) is 17.0. The summed E-state index contributed by atoms with van der Waals surface area (Å²) in [5.74, 6) is 0.887. The van der Waals surface area contributed by atoms with Crippen LogP contribution in [0.3, 0.4) is 0 Å². The van der Waals surface area contributed by atoms with Crippen LogP contribution in [0.1, 0.15) is 56.9 Å². The van der Waals surface area contributed by atoms with Crippen LogP contribution in [0.5, 0.6) is 5.75 Å². The van der Waals surface area contributed by atoms with Gasteiger partial charge in [0.1, 0.15) is 5.75 Å². The summed E-state index contributed by atoms with van der Waals surface area (Å²) in [6.07, 6.45) is 7.13. The summed E-state index contributed by atoms with van der Waals surface area (Å²) in [7, 11) is 0. The molecule has 2 N–H and O–H groups in total. The fraction of sp³-hybridized carbons (Fsp3) is 0.591. The van der Waals surface area contributed by atoms with Crippen LogP contribution in [-0.2, 0) is 20.8 Å². The first-order valence-electron chi connectivity index (χ1n) is 10.7. The van der Waals surface area contributed by atoms with Gasteiger partial charge in [-0.25, -0.2) is 0 Å². The van der Waals surface area contributed by atoms with Crippen molar-refractivity contribution in [3.63, 3.8) is 0 Å². The lowest BCUT2D eigenvalue weighted by molar-refractivity contribution is -0.131. The van der Waals surface area contributed by atoms with E-state index in [4.69, 9.17) is 4.74 Å². The second-order valence-electron chi connectivity index (χ2n) is 7.71. The van der Waals surface area contributed by atoms with Gasteiger partial charge in [0.2, 0.25) is 17.7 Å². The summed E-state index contributed by atoms with van der Waals surface area (Å²) in [6.45, 7) is 2.54. The van der Waals surface area contributed by atoms with Gasteiger partial charge in [0.15, 0.2) is 0 Å². The number of fused-ring (bicyclic) bond motifs is 1. The zero-order valence-corrected chi connectivity index (χ0v) is 17.0. The first-order chi connectivity index (χ1) is 14.1. The molecular formula is C22H31N3O4. The van der Waals surface area contributed by atoms with Crippen molar-refractivity contribution in [3.05, 3.63) is 23.8 Å². The summed E-state index contributed by atoms with van der Waals surface area (Å²) >= 11 is 0. The fourth-order valence-corrected chi connectivity index (χ4v) is 3.75. The van der Waals surface area contributed by atoms with E-state index in [1.165, 1.54) is 12.8 Å². The Bertz CT molecular complexity index is 727. The van der Waals surface area contributed by atoms with Gasteiger partial charge in [0, 0.05) is 44.6 Å². The highest BCUT2D eigenvalue weighted by atomic mass is 16.5. The smallest absolute Gasteiger partial charge is 0.224 e. The van der Waals surface area contributed by atoms with Crippen LogP contribution in [0.25, 0.3) is 0 Å². The van der Waals surface area contributed by atoms with Crippen LogP contribution in [0.15, 0.2) is 18.2 Å². The van der Waals surface area contributed by atoms with Crippen LogP contribution < -0.4 is 15.4 Å². The van der Waals surface area contributed by atoms with E-state index in [-0.39, 0.29) is 17.7 Å². The van der Waals surface area contributed by atoms with Gasteiger partial charge >= 0.3 is 0 Å². The molecule has 1 fully saturated rings. The van der Waals surface area contributed by atoms with Gasteiger partial charge in [-0.05, 0) is 49.4 Å². The molecule has 2 heterocycles. The SMILES string of the molecule is O=C(CCCOc1ccc2c(c1)CCC(=O)N2)NCCC(=O)N1CCCCCC1. The van der Waals surface area contributed by atoms with Gasteiger partial charge in [-0.1, -0.05) is 12.8 Å². The van der Waals surface area contributed by atoms with Crippen molar-refractivity contribution in [2.45, 2.75) is 57.8 Å². The van der Waals surface area contributed by atoms with Gasteiger partial charge in [-0.15, -0.1) is 0 Å². The number of carbonyl (C=O) groups is 3. The minimum atomic E-state index is -0.0505. The van der Waals surface area contributed by atoms with Gasteiger partial charge in [0.05, 0.1) is 6.61 Å². The van der Waals surface area contributed by atoms with Crippen molar-refractivity contribution < 1.29 is 19.1 Å². The molecule has 0 saturated carbocycles. The summed E-state index contributed by atoms with van der Waals surface area (Å²) in [5, 5.41) is 5.68. The molecule has 7 nitrogen and oxygen atoms in total. The molecule has 1 saturated heterocycles. The van der Waals surface area contributed by atoms with Gasteiger partial charge < -0.3 is 20.3 Å². The molecule has 2 aliphatic heterocycles. The van der Waals surface area contributed by atoms with Crippen LogP contribution >= 0.6 is 0 Å². The number of ether oxygens (including phenoxy) is 1. The number of hydrogen-bond acceptors (Lipinski definition) is 4. The first-order valence-corrected chi connectivity index (χ1v) is 10.7. The Balaban J connectivity index is 1.28. The van der Waals surface area contributed by atoms with Gasteiger partial charge in [-0.2, -0.15) is 0 Å². The zero-order chi connectivity index (χ0) is 20.5. The van der Waals surface area contributed by atoms with E-state index in [1.54, 1.807) is 0 Å². The second-order valence-corrected chi connectivity index (χ2v) is 7.71. The average molecular weight is 402 g/mol. The van der Waals surface area contributed by atoms with E-state index in [0.717, 1.165) is 49.4 Å². The van der Waals surface area contributed by atoms with Crippen molar-refractivity contribution in [2.24, 2.45) is 0 Å². The Labute approximate surface area is 172 Å². The topological polar surface area (TPSA) is 87.7 Å². The Morgan fingerprint density at radius 1 is 1.07 bits per heavy atom. The monoisotopic (exact) mass is 401 g/mol. The highest BCUT2D eigenvalue weighted by Gasteiger charge is 2.16. The quantitative estimate of drug-likeness (QED) is 0.656. The Kier molecular flexibility index (Phi) is 7.90. The van der Waals surface area contributed by atoms with Crippen LogP contribution in [-0.4, -0.2) is 48.9 Å². The number of anilines is 1. The van der Waals surface area contributed by atoms with Crippen molar-refractivity contribution in [1.82, 2.24) is 10.2 Å². The number of aryl methyl sites for hydroxylation is 1. The van der Waals surface area contributed by atoms with E-state index in [2.05, 4.69) is 10.6 Å². The largest absolute Gasteiger partial charge is 0.494 e. The van der Waals surface area contributed by atoms with Crippen LogP contribution in [0.4, 0.5) is 5.69 Å².